The first kappa shape index (κ1) is 21.3. The van der Waals surface area contributed by atoms with Crippen LogP contribution in [0.4, 0.5) is 11.4 Å². The van der Waals surface area contributed by atoms with Gasteiger partial charge in [0.25, 0.3) is 5.91 Å². The highest BCUT2D eigenvalue weighted by Gasteiger charge is 2.41. The molecule has 2 amide bonds. The molecule has 2 aliphatic rings. The number of aryl methyl sites for hydroxylation is 2. The minimum Gasteiger partial charge on any atom is -0.482 e. The zero-order valence-corrected chi connectivity index (χ0v) is 18.5. The maximum absolute atomic E-state index is 13.5. The van der Waals surface area contributed by atoms with Gasteiger partial charge in [-0.3, -0.25) is 9.59 Å². The zero-order chi connectivity index (χ0) is 22.3. The van der Waals surface area contributed by atoms with Crippen molar-refractivity contribution in [3.63, 3.8) is 0 Å². The number of carbonyl (C=O) groups is 2. The Morgan fingerprint density at radius 1 is 1.19 bits per heavy atom. The summed E-state index contributed by atoms with van der Waals surface area (Å²) >= 11 is 0. The molecule has 2 aromatic carbocycles. The summed E-state index contributed by atoms with van der Waals surface area (Å²) in [6.07, 6.45) is 1.07. The fraction of sp³-hybridized carbons (Fsp3) is 0.364. The third-order valence-electron chi connectivity index (χ3n) is 5.74. The van der Waals surface area contributed by atoms with Crippen LogP contribution in [0.3, 0.4) is 0 Å². The van der Waals surface area contributed by atoms with E-state index in [0.29, 0.717) is 35.5 Å². The van der Waals surface area contributed by atoms with Gasteiger partial charge in [-0.25, -0.2) is 8.42 Å². The Morgan fingerprint density at radius 2 is 1.90 bits per heavy atom. The molecule has 2 aromatic rings. The fourth-order valence-electron chi connectivity index (χ4n) is 4.01. The van der Waals surface area contributed by atoms with Crippen LogP contribution in [0, 0.1) is 13.8 Å². The summed E-state index contributed by atoms with van der Waals surface area (Å²) in [6.45, 7) is 3.74. The molecule has 1 fully saturated rings. The predicted molar refractivity (Wildman–Crippen MR) is 117 cm³/mol. The van der Waals surface area contributed by atoms with E-state index in [9.17, 15) is 18.0 Å². The number of amides is 2. The first-order valence-corrected chi connectivity index (χ1v) is 11.6. The van der Waals surface area contributed by atoms with E-state index in [4.69, 9.17) is 4.74 Å². The Kier molecular flexibility index (Phi) is 5.49. The van der Waals surface area contributed by atoms with Crippen LogP contribution >= 0.6 is 0 Å². The number of nitrogens with zero attached hydrogens (tertiary/aromatic N) is 2. The van der Waals surface area contributed by atoms with Gasteiger partial charge in [-0.2, -0.15) is 4.31 Å². The zero-order valence-electron chi connectivity index (χ0n) is 17.7. The van der Waals surface area contributed by atoms with Crippen molar-refractivity contribution in [2.45, 2.75) is 37.6 Å². The molecule has 0 radical (unpaired) electrons. The van der Waals surface area contributed by atoms with Crippen molar-refractivity contribution < 1.29 is 22.7 Å². The molecule has 1 N–H and O–H groups in total. The highest BCUT2D eigenvalue weighted by molar-refractivity contribution is 7.89. The number of nitrogens with one attached hydrogen (secondary N) is 1. The lowest BCUT2D eigenvalue weighted by Crippen LogP contribution is -2.46. The second-order valence-electron chi connectivity index (χ2n) is 7.96. The fourth-order valence-corrected chi connectivity index (χ4v) is 5.89. The summed E-state index contributed by atoms with van der Waals surface area (Å²) in [5, 5.41) is 2.68. The quantitative estimate of drug-likeness (QED) is 0.783. The third kappa shape index (κ3) is 3.90. The molecule has 4 rings (SSSR count). The Hall–Kier alpha value is -2.91. The maximum atomic E-state index is 13.5. The molecule has 0 unspecified atom stereocenters. The molecule has 0 bridgehead atoms. The van der Waals surface area contributed by atoms with Gasteiger partial charge in [-0.1, -0.05) is 17.7 Å². The normalized spacial score (nSPS) is 18.8. The van der Waals surface area contributed by atoms with E-state index in [-0.39, 0.29) is 29.9 Å². The van der Waals surface area contributed by atoms with Crippen LogP contribution in [0.5, 0.6) is 5.75 Å². The molecule has 164 valence electrons. The smallest absolute Gasteiger partial charge is 0.262 e. The van der Waals surface area contributed by atoms with Crippen LogP contribution in [0.1, 0.15) is 24.0 Å². The molecule has 9 heteroatoms. The van der Waals surface area contributed by atoms with Crippen LogP contribution in [-0.4, -0.2) is 50.8 Å². The molecule has 8 nitrogen and oxygen atoms in total. The van der Waals surface area contributed by atoms with Crippen LogP contribution < -0.4 is 15.0 Å². The number of ether oxygens (including phenoxy) is 1. The Balaban J connectivity index is 1.64. The third-order valence-corrected chi connectivity index (χ3v) is 7.79. The molecular formula is C22H25N3O5S. The summed E-state index contributed by atoms with van der Waals surface area (Å²) in [5.41, 5.74) is 2.72. The van der Waals surface area contributed by atoms with Gasteiger partial charge in [0.05, 0.1) is 10.6 Å². The number of sulfonamides is 1. The van der Waals surface area contributed by atoms with Gasteiger partial charge in [-0.05, 0) is 50.5 Å². The van der Waals surface area contributed by atoms with Crippen molar-refractivity contribution in [2.24, 2.45) is 0 Å². The highest BCUT2D eigenvalue weighted by atomic mass is 32.2. The summed E-state index contributed by atoms with van der Waals surface area (Å²) in [6, 6.07) is 9.77. The number of fused-ring (bicyclic) bond motifs is 1. The lowest BCUT2D eigenvalue weighted by atomic mass is 10.1. The molecular weight excluding hydrogens is 418 g/mol. The topological polar surface area (TPSA) is 96.0 Å². The molecule has 31 heavy (non-hydrogen) atoms. The van der Waals surface area contributed by atoms with E-state index in [1.807, 2.05) is 31.2 Å². The van der Waals surface area contributed by atoms with Gasteiger partial charge in [0.2, 0.25) is 15.9 Å². The first-order chi connectivity index (χ1) is 14.7. The van der Waals surface area contributed by atoms with E-state index < -0.39 is 16.1 Å². The van der Waals surface area contributed by atoms with Crippen molar-refractivity contribution in [2.75, 3.05) is 30.4 Å². The van der Waals surface area contributed by atoms with Crippen molar-refractivity contribution >= 4 is 33.2 Å². The number of likely N-dealkylation sites (N-methyl/N-ethyl adjacent to an activating group) is 1. The highest BCUT2D eigenvalue weighted by Crippen LogP contribution is 2.36. The Bertz CT molecular complexity index is 1140. The second-order valence-corrected chi connectivity index (χ2v) is 9.82. The minimum absolute atomic E-state index is 0.0834. The van der Waals surface area contributed by atoms with Crippen molar-refractivity contribution in [1.29, 1.82) is 0 Å². The van der Waals surface area contributed by atoms with Crippen LogP contribution in [0.2, 0.25) is 0 Å². The van der Waals surface area contributed by atoms with Crippen LogP contribution in [-0.2, 0) is 19.6 Å². The van der Waals surface area contributed by atoms with E-state index in [1.165, 1.54) is 15.3 Å². The molecule has 2 heterocycles. The lowest BCUT2D eigenvalue weighted by Gasteiger charge is -2.28. The van der Waals surface area contributed by atoms with Crippen LogP contribution in [0.15, 0.2) is 41.3 Å². The monoisotopic (exact) mass is 443 g/mol. The van der Waals surface area contributed by atoms with Gasteiger partial charge < -0.3 is 15.0 Å². The summed E-state index contributed by atoms with van der Waals surface area (Å²) < 4.78 is 33.8. The minimum atomic E-state index is -3.94. The molecule has 0 aliphatic carbocycles. The number of hydrogen-bond donors (Lipinski definition) is 1. The van der Waals surface area contributed by atoms with Crippen LogP contribution in [0.25, 0.3) is 0 Å². The van der Waals surface area contributed by atoms with Gasteiger partial charge in [0.15, 0.2) is 6.61 Å². The standard InChI is InChI=1S/C22H25N3O5S/c1-14-6-8-16(9-7-14)24(3)22(27)18-5-4-10-25(18)31(28,29)20-12-19-17(11-15(20)2)23-21(26)13-30-19/h6-9,11-12,18H,4-5,10,13H2,1-3H3,(H,23,26)/t18-/m1/s1. The van der Waals surface area contributed by atoms with Gasteiger partial charge >= 0.3 is 0 Å². The van der Waals surface area contributed by atoms with E-state index in [0.717, 1.165) is 5.56 Å². The van der Waals surface area contributed by atoms with E-state index >= 15 is 0 Å². The van der Waals surface area contributed by atoms with Crippen molar-refractivity contribution in [3.05, 3.63) is 47.5 Å². The summed E-state index contributed by atoms with van der Waals surface area (Å²) in [7, 11) is -2.28. The predicted octanol–water partition coefficient (Wildman–Crippen LogP) is 2.45. The Labute approximate surface area is 181 Å². The SMILES string of the molecule is Cc1ccc(N(C)C(=O)[C@H]2CCCN2S(=O)(=O)c2cc3c(cc2C)NC(=O)CO3)cc1. The number of anilines is 2. The number of hydrogen-bond acceptors (Lipinski definition) is 5. The molecule has 0 aromatic heterocycles. The molecule has 0 saturated carbocycles. The molecule has 0 spiro atoms. The Morgan fingerprint density at radius 3 is 2.61 bits per heavy atom. The number of benzene rings is 2. The maximum Gasteiger partial charge on any atom is 0.262 e. The van der Waals surface area contributed by atoms with Gasteiger partial charge in [0.1, 0.15) is 11.8 Å². The average Bonchev–Trinajstić information content (AvgIpc) is 3.23. The summed E-state index contributed by atoms with van der Waals surface area (Å²) in [5.74, 6) is -0.237. The largest absolute Gasteiger partial charge is 0.482 e. The number of carbonyl (C=O) groups excluding carboxylic acids is 2. The average molecular weight is 444 g/mol. The van der Waals surface area contributed by atoms with Crippen molar-refractivity contribution in [1.82, 2.24) is 4.31 Å². The number of rotatable bonds is 4. The molecule has 1 saturated heterocycles. The van der Waals surface area contributed by atoms with E-state index in [2.05, 4.69) is 5.32 Å². The molecule has 1 atom stereocenters. The van der Waals surface area contributed by atoms with Gasteiger partial charge in [0, 0.05) is 25.3 Å². The lowest BCUT2D eigenvalue weighted by molar-refractivity contribution is -0.121. The first-order valence-electron chi connectivity index (χ1n) is 10.1. The van der Waals surface area contributed by atoms with Gasteiger partial charge in [-0.15, -0.1) is 0 Å². The summed E-state index contributed by atoms with van der Waals surface area (Å²) in [4.78, 5) is 26.4. The van der Waals surface area contributed by atoms with Crippen molar-refractivity contribution in [3.8, 4) is 5.75 Å². The second kappa shape index (κ2) is 7.97. The van der Waals surface area contributed by atoms with E-state index in [1.54, 1.807) is 20.0 Å². The molecule has 2 aliphatic heterocycles.